The minimum absolute atomic E-state index is 0.282. The summed E-state index contributed by atoms with van der Waals surface area (Å²) in [6.45, 7) is 4.65. The number of nitrogens with one attached hydrogen (secondary N) is 1. The van der Waals surface area contributed by atoms with E-state index in [2.05, 4.69) is 24.2 Å². The maximum absolute atomic E-state index is 6.46. The molecule has 1 aliphatic carbocycles. The van der Waals surface area contributed by atoms with Crippen LogP contribution in [0.25, 0.3) is 0 Å². The molecule has 20 heavy (non-hydrogen) atoms. The highest BCUT2D eigenvalue weighted by atomic mass is 16.5. The van der Waals surface area contributed by atoms with Crippen LogP contribution >= 0.6 is 0 Å². The monoisotopic (exact) mass is 280 g/mol. The van der Waals surface area contributed by atoms with Gasteiger partial charge >= 0.3 is 0 Å². The van der Waals surface area contributed by atoms with Crippen LogP contribution in [0.15, 0.2) is 0 Å². The lowest BCUT2D eigenvalue weighted by Gasteiger charge is -2.36. The molecule has 0 bridgehead atoms. The molecule has 3 fully saturated rings. The molecule has 3 atom stereocenters. The second kappa shape index (κ2) is 6.33. The average Bonchev–Trinajstić information content (AvgIpc) is 2.84. The van der Waals surface area contributed by atoms with E-state index in [4.69, 9.17) is 4.74 Å². The zero-order valence-electron chi connectivity index (χ0n) is 13.4. The molecule has 0 aromatic heterocycles. The summed E-state index contributed by atoms with van der Waals surface area (Å²) >= 11 is 0. The lowest BCUT2D eigenvalue weighted by Crippen LogP contribution is -2.47. The SMILES string of the molecule is CC1CC(NCC2CCC3(CCCCC3)O2)CCN1C. The molecular weight excluding hydrogens is 248 g/mol. The van der Waals surface area contributed by atoms with Crippen molar-refractivity contribution in [3.63, 3.8) is 0 Å². The Morgan fingerprint density at radius 3 is 2.70 bits per heavy atom. The highest BCUT2D eigenvalue weighted by Gasteiger charge is 2.40. The first-order chi connectivity index (χ1) is 9.67. The first kappa shape index (κ1) is 14.8. The first-order valence-electron chi connectivity index (χ1n) is 8.78. The molecule has 1 spiro atoms. The minimum atomic E-state index is 0.282. The van der Waals surface area contributed by atoms with E-state index in [-0.39, 0.29) is 5.60 Å². The zero-order chi connectivity index (χ0) is 14.0. The average molecular weight is 280 g/mol. The molecule has 3 unspecified atom stereocenters. The Morgan fingerprint density at radius 1 is 1.15 bits per heavy atom. The van der Waals surface area contributed by atoms with E-state index in [1.54, 1.807) is 0 Å². The lowest BCUT2D eigenvalue weighted by molar-refractivity contribution is -0.0634. The van der Waals surface area contributed by atoms with Gasteiger partial charge in [-0.25, -0.2) is 0 Å². The molecule has 3 aliphatic rings. The molecule has 0 amide bonds. The summed E-state index contributed by atoms with van der Waals surface area (Å²) in [6, 6.07) is 1.42. The van der Waals surface area contributed by atoms with E-state index >= 15 is 0 Å². The largest absolute Gasteiger partial charge is 0.370 e. The fraction of sp³-hybridized carbons (Fsp3) is 1.00. The second-order valence-electron chi connectivity index (χ2n) is 7.48. The zero-order valence-corrected chi connectivity index (χ0v) is 13.4. The van der Waals surface area contributed by atoms with Crippen molar-refractivity contribution in [3.05, 3.63) is 0 Å². The molecule has 2 heterocycles. The summed E-state index contributed by atoms with van der Waals surface area (Å²) in [5.41, 5.74) is 0.282. The molecule has 1 N–H and O–H groups in total. The van der Waals surface area contributed by atoms with Gasteiger partial charge in [0.1, 0.15) is 0 Å². The van der Waals surface area contributed by atoms with Crippen LogP contribution in [0.1, 0.15) is 64.7 Å². The van der Waals surface area contributed by atoms with Gasteiger partial charge in [0.2, 0.25) is 0 Å². The molecule has 0 radical (unpaired) electrons. The van der Waals surface area contributed by atoms with Crippen LogP contribution in [-0.4, -0.2) is 48.8 Å². The molecule has 1 saturated carbocycles. The highest BCUT2D eigenvalue weighted by molar-refractivity contribution is 4.92. The van der Waals surface area contributed by atoms with Crippen LogP contribution in [-0.2, 0) is 4.74 Å². The Bertz CT molecular complexity index is 314. The van der Waals surface area contributed by atoms with E-state index in [1.807, 2.05) is 0 Å². The predicted octanol–water partition coefficient (Wildman–Crippen LogP) is 2.94. The minimum Gasteiger partial charge on any atom is -0.370 e. The Hall–Kier alpha value is -0.120. The van der Waals surface area contributed by atoms with Crippen molar-refractivity contribution in [2.24, 2.45) is 0 Å². The van der Waals surface area contributed by atoms with E-state index < -0.39 is 0 Å². The quantitative estimate of drug-likeness (QED) is 0.860. The highest BCUT2D eigenvalue weighted by Crippen LogP contribution is 2.41. The van der Waals surface area contributed by atoms with Crippen LogP contribution in [0.3, 0.4) is 0 Å². The number of nitrogens with zero attached hydrogens (tertiary/aromatic N) is 1. The molecule has 0 aromatic rings. The normalized spacial score (nSPS) is 38.4. The van der Waals surface area contributed by atoms with Crippen molar-refractivity contribution >= 4 is 0 Å². The fourth-order valence-corrected chi connectivity index (χ4v) is 4.38. The van der Waals surface area contributed by atoms with Crippen LogP contribution in [0.2, 0.25) is 0 Å². The Labute approximate surface area is 124 Å². The second-order valence-corrected chi connectivity index (χ2v) is 7.48. The lowest BCUT2D eigenvalue weighted by atomic mass is 9.83. The molecule has 3 heteroatoms. The summed E-state index contributed by atoms with van der Waals surface area (Å²) in [6.07, 6.45) is 12.4. The third-order valence-electron chi connectivity index (χ3n) is 5.95. The van der Waals surface area contributed by atoms with Gasteiger partial charge in [0, 0.05) is 18.6 Å². The molecule has 116 valence electrons. The molecule has 2 saturated heterocycles. The number of rotatable bonds is 3. The Kier molecular flexibility index (Phi) is 4.68. The van der Waals surface area contributed by atoms with Gasteiger partial charge in [0.25, 0.3) is 0 Å². The Balaban J connectivity index is 1.41. The van der Waals surface area contributed by atoms with Crippen LogP contribution in [0.5, 0.6) is 0 Å². The molecule has 0 aromatic carbocycles. The summed E-state index contributed by atoms with van der Waals surface area (Å²) in [5.74, 6) is 0. The molecule has 3 rings (SSSR count). The summed E-state index contributed by atoms with van der Waals surface area (Å²) in [4.78, 5) is 2.47. The van der Waals surface area contributed by atoms with Gasteiger partial charge in [-0.2, -0.15) is 0 Å². The van der Waals surface area contributed by atoms with Gasteiger partial charge in [-0.1, -0.05) is 19.3 Å². The number of ether oxygens (including phenoxy) is 1. The van der Waals surface area contributed by atoms with Crippen LogP contribution in [0, 0.1) is 0 Å². The number of hydrogen-bond acceptors (Lipinski definition) is 3. The van der Waals surface area contributed by atoms with Gasteiger partial charge < -0.3 is 15.0 Å². The summed E-state index contributed by atoms with van der Waals surface area (Å²) in [5, 5.41) is 3.78. The number of piperidine rings is 1. The topological polar surface area (TPSA) is 24.5 Å². The predicted molar refractivity (Wildman–Crippen MR) is 83.0 cm³/mol. The van der Waals surface area contributed by atoms with E-state index in [1.165, 1.54) is 64.3 Å². The van der Waals surface area contributed by atoms with Gasteiger partial charge in [-0.15, -0.1) is 0 Å². The standard InChI is InChI=1S/C17H32N2O/c1-14-12-15(7-11-19(14)2)18-13-16-6-10-17(20-16)8-4-3-5-9-17/h14-16,18H,3-13H2,1-2H3. The third-order valence-corrected chi connectivity index (χ3v) is 5.95. The molecule has 3 nitrogen and oxygen atoms in total. The fourth-order valence-electron chi connectivity index (χ4n) is 4.38. The van der Waals surface area contributed by atoms with Gasteiger partial charge in [0.05, 0.1) is 11.7 Å². The number of likely N-dealkylation sites (tertiary alicyclic amines) is 1. The summed E-state index contributed by atoms with van der Waals surface area (Å²) in [7, 11) is 2.24. The van der Waals surface area contributed by atoms with Crippen molar-refractivity contribution in [3.8, 4) is 0 Å². The molecular formula is C17H32N2O. The maximum Gasteiger partial charge on any atom is 0.0708 e. The van der Waals surface area contributed by atoms with Crippen molar-refractivity contribution in [1.29, 1.82) is 0 Å². The third kappa shape index (κ3) is 3.37. The van der Waals surface area contributed by atoms with Crippen molar-refractivity contribution in [1.82, 2.24) is 10.2 Å². The first-order valence-corrected chi connectivity index (χ1v) is 8.78. The van der Waals surface area contributed by atoms with Gasteiger partial charge in [-0.05, 0) is 59.0 Å². The van der Waals surface area contributed by atoms with Crippen LogP contribution in [0.4, 0.5) is 0 Å². The number of hydrogen-bond donors (Lipinski definition) is 1. The smallest absolute Gasteiger partial charge is 0.0708 e. The van der Waals surface area contributed by atoms with Gasteiger partial charge in [-0.3, -0.25) is 0 Å². The summed E-state index contributed by atoms with van der Waals surface area (Å²) < 4.78 is 6.46. The van der Waals surface area contributed by atoms with Crippen molar-refractivity contribution in [2.45, 2.75) is 88.5 Å². The van der Waals surface area contributed by atoms with Crippen molar-refractivity contribution in [2.75, 3.05) is 20.1 Å². The van der Waals surface area contributed by atoms with E-state index in [9.17, 15) is 0 Å². The van der Waals surface area contributed by atoms with E-state index in [0.717, 1.165) is 12.6 Å². The van der Waals surface area contributed by atoms with Gasteiger partial charge in [0.15, 0.2) is 0 Å². The molecule has 2 aliphatic heterocycles. The van der Waals surface area contributed by atoms with Crippen LogP contribution < -0.4 is 5.32 Å². The van der Waals surface area contributed by atoms with E-state index in [0.29, 0.717) is 12.1 Å². The maximum atomic E-state index is 6.46. The Morgan fingerprint density at radius 2 is 1.95 bits per heavy atom. The van der Waals surface area contributed by atoms with Crippen molar-refractivity contribution < 1.29 is 4.74 Å².